The molecule has 5 nitrogen and oxygen atoms in total. The van der Waals surface area contributed by atoms with Crippen molar-refractivity contribution < 1.29 is 8.42 Å². The van der Waals surface area contributed by atoms with Gasteiger partial charge in [0.15, 0.2) is 0 Å². The first kappa shape index (κ1) is 16.9. The Kier molecular flexibility index (Phi) is 4.30. The number of nitrogens with zero attached hydrogens (tertiary/aromatic N) is 2. The van der Waals surface area contributed by atoms with Crippen molar-refractivity contribution in [2.75, 3.05) is 28.7 Å². The highest BCUT2D eigenvalue weighted by atomic mass is 32.2. The van der Waals surface area contributed by atoms with Gasteiger partial charge in [-0.2, -0.15) is 8.42 Å². The summed E-state index contributed by atoms with van der Waals surface area (Å²) < 4.78 is 29.6. The molecule has 1 N–H and O–H groups in total. The summed E-state index contributed by atoms with van der Waals surface area (Å²) >= 11 is 0. The zero-order valence-corrected chi connectivity index (χ0v) is 15.4. The highest BCUT2D eigenvalue weighted by Gasteiger charge is 2.40. The minimum absolute atomic E-state index is 0.449. The van der Waals surface area contributed by atoms with Crippen LogP contribution in [-0.2, 0) is 10.2 Å². The molecule has 0 aliphatic carbocycles. The minimum Gasteiger partial charge on any atom is -0.320 e. The van der Waals surface area contributed by atoms with Crippen LogP contribution in [0.15, 0.2) is 66.7 Å². The number of hydrogen-bond acceptors (Lipinski definition) is 3. The number of fused-ring (bicyclic) bond motifs is 2. The van der Waals surface area contributed by atoms with Crippen molar-refractivity contribution in [1.29, 1.82) is 0 Å². The van der Waals surface area contributed by atoms with Gasteiger partial charge in [0.2, 0.25) is 0 Å². The Hall–Kier alpha value is -2.57. The van der Waals surface area contributed by atoms with E-state index in [-0.39, 0.29) is 0 Å². The maximum absolute atomic E-state index is 13.3. The van der Waals surface area contributed by atoms with Crippen LogP contribution in [0.2, 0.25) is 0 Å². The summed E-state index contributed by atoms with van der Waals surface area (Å²) in [5, 5.41) is 5.18. The summed E-state index contributed by atoms with van der Waals surface area (Å²) in [4.78, 5) is 0. The van der Waals surface area contributed by atoms with E-state index >= 15 is 0 Å². The Morgan fingerprint density at radius 3 is 2.35 bits per heavy atom. The molecule has 0 unspecified atom stereocenters. The molecule has 6 heteroatoms. The minimum atomic E-state index is -3.65. The molecule has 0 amide bonds. The van der Waals surface area contributed by atoms with E-state index in [0.29, 0.717) is 17.9 Å². The molecule has 134 valence electrons. The molecule has 1 aliphatic rings. The van der Waals surface area contributed by atoms with Crippen LogP contribution in [0.5, 0.6) is 0 Å². The fourth-order valence-electron chi connectivity index (χ4n) is 3.40. The lowest BCUT2D eigenvalue weighted by atomic mass is 10.1. The molecule has 4 rings (SSSR count). The van der Waals surface area contributed by atoms with Gasteiger partial charge in [-0.25, -0.2) is 4.31 Å². The van der Waals surface area contributed by atoms with Crippen LogP contribution >= 0.6 is 0 Å². The van der Waals surface area contributed by atoms with E-state index in [0.717, 1.165) is 29.4 Å². The van der Waals surface area contributed by atoms with Crippen molar-refractivity contribution in [1.82, 2.24) is 5.32 Å². The smallest absolute Gasteiger partial charge is 0.320 e. The van der Waals surface area contributed by atoms with E-state index in [1.807, 2.05) is 73.8 Å². The van der Waals surface area contributed by atoms with Crippen LogP contribution in [0.25, 0.3) is 10.8 Å². The normalized spacial score (nSPS) is 15.4. The largest absolute Gasteiger partial charge is 0.330 e. The second-order valence-corrected chi connectivity index (χ2v) is 8.02. The van der Waals surface area contributed by atoms with E-state index < -0.39 is 10.2 Å². The molecule has 1 heterocycles. The second-order valence-electron chi connectivity index (χ2n) is 6.32. The number of rotatable bonds is 5. The quantitative estimate of drug-likeness (QED) is 0.701. The Morgan fingerprint density at radius 1 is 0.885 bits per heavy atom. The lowest BCUT2D eigenvalue weighted by Gasteiger charge is -2.22. The third kappa shape index (κ3) is 2.71. The molecule has 0 bridgehead atoms. The molecule has 0 atom stereocenters. The Morgan fingerprint density at radius 2 is 1.58 bits per heavy atom. The van der Waals surface area contributed by atoms with Crippen LogP contribution in [0.3, 0.4) is 0 Å². The fraction of sp³-hybridized carbons (Fsp3) is 0.200. The van der Waals surface area contributed by atoms with Crippen molar-refractivity contribution in [3.8, 4) is 0 Å². The number of para-hydroxylation sites is 2. The fourth-order valence-corrected chi connectivity index (χ4v) is 5.15. The first-order valence-corrected chi connectivity index (χ1v) is 10.1. The maximum atomic E-state index is 13.3. The van der Waals surface area contributed by atoms with Gasteiger partial charge in [0, 0.05) is 6.54 Å². The van der Waals surface area contributed by atoms with Gasteiger partial charge in [-0.05, 0) is 55.1 Å². The summed E-state index contributed by atoms with van der Waals surface area (Å²) in [5.74, 6) is 0. The molecular formula is C20H21N3O2S. The number of benzene rings is 3. The van der Waals surface area contributed by atoms with E-state index in [1.165, 1.54) is 8.61 Å². The van der Waals surface area contributed by atoms with Gasteiger partial charge in [-0.15, -0.1) is 0 Å². The molecule has 1 aliphatic heterocycles. The van der Waals surface area contributed by atoms with Crippen molar-refractivity contribution >= 4 is 38.0 Å². The maximum Gasteiger partial charge on any atom is 0.330 e. The highest BCUT2D eigenvalue weighted by Crippen LogP contribution is 2.45. The average Bonchev–Trinajstić information content (AvgIpc) is 2.88. The SMILES string of the molecule is CNCCCN1c2ccccc2N(c2ccc3ccccc3c2)S1(=O)=O. The van der Waals surface area contributed by atoms with Crippen molar-refractivity contribution in [2.45, 2.75) is 6.42 Å². The first-order valence-electron chi connectivity index (χ1n) is 8.68. The van der Waals surface area contributed by atoms with Gasteiger partial charge in [0.05, 0.1) is 17.1 Å². The Balaban J connectivity index is 1.82. The zero-order valence-electron chi connectivity index (χ0n) is 14.6. The third-order valence-electron chi connectivity index (χ3n) is 4.63. The molecular weight excluding hydrogens is 346 g/mol. The van der Waals surface area contributed by atoms with Crippen LogP contribution in [0.1, 0.15) is 6.42 Å². The van der Waals surface area contributed by atoms with E-state index in [9.17, 15) is 8.42 Å². The lowest BCUT2D eigenvalue weighted by molar-refractivity contribution is 0.591. The number of anilines is 3. The molecule has 26 heavy (non-hydrogen) atoms. The number of nitrogens with one attached hydrogen (secondary N) is 1. The first-order chi connectivity index (χ1) is 12.6. The van der Waals surface area contributed by atoms with E-state index in [1.54, 1.807) is 0 Å². The lowest BCUT2D eigenvalue weighted by Crippen LogP contribution is -2.36. The van der Waals surface area contributed by atoms with Gasteiger partial charge in [0.25, 0.3) is 0 Å². The van der Waals surface area contributed by atoms with Gasteiger partial charge in [-0.3, -0.25) is 4.31 Å². The summed E-state index contributed by atoms with van der Waals surface area (Å²) in [6.45, 7) is 1.22. The summed E-state index contributed by atoms with van der Waals surface area (Å²) in [5.41, 5.74) is 2.09. The Bertz CT molecular complexity index is 1050. The van der Waals surface area contributed by atoms with Crippen molar-refractivity contribution in [3.05, 3.63) is 66.7 Å². The Labute approximate surface area is 154 Å². The van der Waals surface area contributed by atoms with Gasteiger partial charge >= 0.3 is 10.2 Å². The van der Waals surface area contributed by atoms with Crippen LogP contribution in [0, 0.1) is 0 Å². The van der Waals surface area contributed by atoms with E-state index in [4.69, 9.17) is 0 Å². The van der Waals surface area contributed by atoms with Crippen LogP contribution in [-0.4, -0.2) is 28.6 Å². The van der Waals surface area contributed by atoms with Crippen molar-refractivity contribution in [2.24, 2.45) is 0 Å². The molecule has 3 aromatic rings. The predicted molar refractivity (Wildman–Crippen MR) is 107 cm³/mol. The topological polar surface area (TPSA) is 52.6 Å². The summed E-state index contributed by atoms with van der Waals surface area (Å²) in [7, 11) is -1.78. The third-order valence-corrected chi connectivity index (χ3v) is 6.44. The highest BCUT2D eigenvalue weighted by molar-refractivity contribution is 7.95. The predicted octanol–water partition coefficient (Wildman–Crippen LogP) is 3.65. The van der Waals surface area contributed by atoms with E-state index in [2.05, 4.69) is 5.32 Å². The molecule has 0 saturated heterocycles. The molecule has 0 spiro atoms. The summed E-state index contributed by atoms with van der Waals surface area (Å²) in [6, 6.07) is 21.2. The van der Waals surface area contributed by atoms with Gasteiger partial charge < -0.3 is 5.32 Å². The molecule has 0 radical (unpaired) electrons. The summed E-state index contributed by atoms with van der Waals surface area (Å²) in [6.07, 6.45) is 0.746. The molecule has 0 aromatic heterocycles. The van der Waals surface area contributed by atoms with Gasteiger partial charge in [0.1, 0.15) is 0 Å². The van der Waals surface area contributed by atoms with Crippen molar-refractivity contribution in [3.63, 3.8) is 0 Å². The number of hydrogen-bond donors (Lipinski definition) is 1. The molecule has 0 saturated carbocycles. The van der Waals surface area contributed by atoms with Gasteiger partial charge in [-0.1, -0.05) is 42.5 Å². The zero-order chi connectivity index (χ0) is 18.1. The second kappa shape index (κ2) is 6.63. The standard InChI is InChI=1S/C20H21N3O2S/c1-21-13-6-14-22-19-9-4-5-10-20(19)23(26(22,24)25)18-12-11-16-7-2-3-8-17(16)15-18/h2-5,7-12,15,21H,6,13-14H2,1H3. The molecule has 3 aromatic carbocycles. The average molecular weight is 367 g/mol. The van der Waals surface area contributed by atoms with Crippen LogP contribution in [0.4, 0.5) is 17.1 Å². The monoisotopic (exact) mass is 367 g/mol. The molecule has 0 fully saturated rings. The van der Waals surface area contributed by atoms with Crippen LogP contribution < -0.4 is 13.9 Å².